The van der Waals surface area contributed by atoms with Crippen LogP contribution in [0.2, 0.25) is 0 Å². The fourth-order valence-electron chi connectivity index (χ4n) is 3.41. The van der Waals surface area contributed by atoms with E-state index in [-0.39, 0.29) is 0 Å². The molecule has 0 saturated carbocycles. The van der Waals surface area contributed by atoms with Crippen LogP contribution in [-0.4, -0.2) is 35.1 Å². The summed E-state index contributed by atoms with van der Waals surface area (Å²) in [6.07, 6.45) is 6.37. The molecule has 1 N–H and O–H groups in total. The smallest absolute Gasteiger partial charge is 0.0295 e. The minimum atomic E-state index is 0.641. The fourth-order valence-corrected chi connectivity index (χ4v) is 6.30. The molecule has 0 radical (unpaired) electrons. The molecule has 3 heteroatoms. The largest absolute Gasteiger partial charge is 0.313 e. The highest BCUT2D eigenvalue weighted by Crippen LogP contribution is 2.29. The maximum Gasteiger partial charge on any atom is 0.0295 e. The van der Waals surface area contributed by atoms with Gasteiger partial charge in [0.25, 0.3) is 0 Å². The number of thioether (sulfide) groups is 2. The number of fused-ring (bicyclic) bond motifs is 1. The quantitative estimate of drug-likeness (QED) is 0.852. The number of benzene rings is 1. The Bertz CT molecular complexity index is 455. The third-order valence-electron chi connectivity index (χ3n) is 4.57. The lowest BCUT2D eigenvalue weighted by atomic mass is 9.99. The average Bonchev–Trinajstić information content (AvgIpc) is 3.00. The first-order valence-electron chi connectivity index (χ1n) is 8.40. The summed E-state index contributed by atoms with van der Waals surface area (Å²) >= 11 is 4.32. The Morgan fingerprint density at radius 3 is 2.95 bits per heavy atom. The predicted molar refractivity (Wildman–Crippen MR) is 97.8 cm³/mol. The van der Waals surface area contributed by atoms with Crippen molar-refractivity contribution in [3.8, 4) is 0 Å². The van der Waals surface area contributed by atoms with Crippen molar-refractivity contribution in [2.24, 2.45) is 0 Å². The van der Waals surface area contributed by atoms with Gasteiger partial charge in [-0.2, -0.15) is 23.5 Å². The first-order valence-corrected chi connectivity index (χ1v) is 10.6. The van der Waals surface area contributed by atoms with Crippen LogP contribution >= 0.6 is 23.5 Å². The van der Waals surface area contributed by atoms with Crippen LogP contribution in [0, 0.1) is 0 Å². The predicted octanol–water partition coefficient (Wildman–Crippen LogP) is 3.93. The minimum Gasteiger partial charge on any atom is -0.313 e. The van der Waals surface area contributed by atoms with E-state index < -0.39 is 0 Å². The summed E-state index contributed by atoms with van der Waals surface area (Å²) in [5.74, 6) is 3.97. The summed E-state index contributed by atoms with van der Waals surface area (Å²) in [4.78, 5) is 0. The number of hydrogen-bond donors (Lipinski definition) is 1. The van der Waals surface area contributed by atoms with Crippen LogP contribution < -0.4 is 5.32 Å². The van der Waals surface area contributed by atoms with Gasteiger partial charge >= 0.3 is 0 Å². The van der Waals surface area contributed by atoms with E-state index in [1.807, 2.05) is 0 Å². The molecule has 1 aromatic rings. The van der Waals surface area contributed by atoms with Crippen molar-refractivity contribution in [1.29, 1.82) is 0 Å². The summed E-state index contributed by atoms with van der Waals surface area (Å²) in [6.45, 7) is 3.42. The molecule has 1 nitrogen and oxygen atoms in total. The van der Waals surface area contributed by atoms with Gasteiger partial charge in [0.15, 0.2) is 0 Å². The molecule has 21 heavy (non-hydrogen) atoms. The number of rotatable bonds is 6. The number of nitrogens with one attached hydrogen (secondary N) is 1. The average molecular weight is 322 g/mol. The van der Waals surface area contributed by atoms with Gasteiger partial charge in [0, 0.05) is 28.6 Å². The summed E-state index contributed by atoms with van der Waals surface area (Å²) in [6, 6.07) is 7.90. The Morgan fingerprint density at radius 2 is 2.14 bits per heavy atom. The molecule has 1 fully saturated rings. The van der Waals surface area contributed by atoms with Crippen LogP contribution in [0.5, 0.6) is 0 Å². The van der Waals surface area contributed by atoms with E-state index in [2.05, 4.69) is 54.0 Å². The Kier molecular flexibility index (Phi) is 5.96. The molecule has 2 atom stereocenters. The van der Waals surface area contributed by atoms with E-state index in [9.17, 15) is 0 Å². The lowest BCUT2D eigenvalue weighted by molar-refractivity contribution is 0.505. The van der Waals surface area contributed by atoms with Crippen LogP contribution in [0.1, 0.15) is 36.5 Å². The van der Waals surface area contributed by atoms with Gasteiger partial charge in [-0.3, -0.25) is 0 Å². The third kappa shape index (κ3) is 4.20. The normalized spacial score (nSPS) is 23.0. The molecule has 0 spiro atoms. The first-order chi connectivity index (χ1) is 10.4. The van der Waals surface area contributed by atoms with Crippen molar-refractivity contribution >= 4 is 23.5 Å². The van der Waals surface area contributed by atoms with Gasteiger partial charge in [0.1, 0.15) is 0 Å². The SMILES string of the molecule is CCCNC(Cc1ccc2c(c1)CCC2)C1CSCCS1. The Balaban J connectivity index is 1.67. The molecule has 1 aromatic carbocycles. The molecule has 1 aliphatic carbocycles. The van der Waals surface area contributed by atoms with Crippen molar-refractivity contribution in [2.75, 3.05) is 23.8 Å². The van der Waals surface area contributed by atoms with Crippen LogP contribution in [-0.2, 0) is 19.3 Å². The molecule has 3 rings (SSSR count). The number of aryl methyl sites for hydroxylation is 2. The molecular formula is C18H27NS2. The van der Waals surface area contributed by atoms with E-state index in [0.717, 1.165) is 11.8 Å². The van der Waals surface area contributed by atoms with Gasteiger partial charge < -0.3 is 5.32 Å². The highest BCUT2D eigenvalue weighted by Gasteiger charge is 2.24. The van der Waals surface area contributed by atoms with Gasteiger partial charge in [-0.25, -0.2) is 0 Å². The summed E-state index contributed by atoms with van der Waals surface area (Å²) < 4.78 is 0. The monoisotopic (exact) mass is 321 g/mol. The van der Waals surface area contributed by atoms with Gasteiger partial charge in [-0.05, 0) is 55.3 Å². The Labute approximate surface area is 138 Å². The second-order valence-corrected chi connectivity index (χ2v) is 8.70. The van der Waals surface area contributed by atoms with Crippen molar-refractivity contribution in [3.05, 3.63) is 34.9 Å². The standard InChI is InChI=1S/C18H27NS2/c1-2-8-19-17(18-13-20-9-10-21-18)12-14-6-7-15-4-3-5-16(15)11-14/h6-7,11,17-19H,2-5,8-10,12-13H2,1H3. The van der Waals surface area contributed by atoms with Crippen molar-refractivity contribution < 1.29 is 0 Å². The zero-order valence-electron chi connectivity index (χ0n) is 13.1. The molecule has 116 valence electrons. The maximum absolute atomic E-state index is 3.82. The molecule has 0 bridgehead atoms. The van der Waals surface area contributed by atoms with Crippen LogP contribution in [0.25, 0.3) is 0 Å². The fraction of sp³-hybridized carbons (Fsp3) is 0.667. The molecule has 0 aromatic heterocycles. The van der Waals surface area contributed by atoms with Crippen LogP contribution in [0.3, 0.4) is 0 Å². The van der Waals surface area contributed by atoms with E-state index in [4.69, 9.17) is 0 Å². The van der Waals surface area contributed by atoms with Gasteiger partial charge in [-0.1, -0.05) is 25.1 Å². The second-order valence-electron chi connectivity index (χ2n) is 6.21. The highest BCUT2D eigenvalue weighted by molar-refractivity contribution is 8.06. The van der Waals surface area contributed by atoms with Crippen molar-refractivity contribution in [2.45, 2.75) is 50.3 Å². The maximum atomic E-state index is 3.82. The molecule has 0 amide bonds. The van der Waals surface area contributed by atoms with Gasteiger partial charge in [-0.15, -0.1) is 0 Å². The lowest BCUT2D eigenvalue weighted by Crippen LogP contribution is -2.43. The topological polar surface area (TPSA) is 12.0 Å². The van der Waals surface area contributed by atoms with E-state index in [0.29, 0.717) is 6.04 Å². The zero-order valence-corrected chi connectivity index (χ0v) is 14.7. The van der Waals surface area contributed by atoms with Crippen LogP contribution in [0.15, 0.2) is 18.2 Å². The van der Waals surface area contributed by atoms with Crippen LogP contribution in [0.4, 0.5) is 0 Å². The van der Waals surface area contributed by atoms with E-state index in [1.165, 1.54) is 49.4 Å². The summed E-state index contributed by atoms with van der Waals surface area (Å²) in [7, 11) is 0. The van der Waals surface area contributed by atoms with Crippen molar-refractivity contribution in [3.63, 3.8) is 0 Å². The molecule has 1 saturated heterocycles. The van der Waals surface area contributed by atoms with Crippen molar-refractivity contribution in [1.82, 2.24) is 5.32 Å². The molecular weight excluding hydrogens is 294 g/mol. The molecule has 1 heterocycles. The van der Waals surface area contributed by atoms with Gasteiger partial charge in [0.05, 0.1) is 0 Å². The summed E-state index contributed by atoms with van der Waals surface area (Å²) in [5.41, 5.74) is 4.76. The summed E-state index contributed by atoms with van der Waals surface area (Å²) in [5, 5.41) is 4.60. The highest BCUT2D eigenvalue weighted by atomic mass is 32.2. The second kappa shape index (κ2) is 7.94. The van der Waals surface area contributed by atoms with E-state index in [1.54, 1.807) is 16.7 Å². The molecule has 2 aliphatic rings. The Morgan fingerprint density at radius 1 is 1.24 bits per heavy atom. The molecule has 2 unspecified atom stereocenters. The number of hydrogen-bond acceptors (Lipinski definition) is 3. The van der Waals surface area contributed by atoms with Gasteiger partial charge in [0.2, 0.25) is 0 Å². The molecule has 1 aliphatic heterocycles. The first kappa shape index (κ1) is 15.8. The Hall–Kier alpha value is -0.120. The zero-order chi connectivity index (χ0) is 14.5. The minimum absolute atomic E-state index is 0.641. The lowest BCUT2D eigenvalue weighted by Gasteiger charge is -2.30. The third-order valence-corrected chi connectivity index (χ3v) is 7.49. The van der Waals surface area contributed by atoms with E-state index >= 15 is 0 Å².